The highest BCUT2D eigenvalue weighted by atomic mass is 16.6. The molecule has 0 aliphatic carbocycles. The Morgan fingerprint density at radius 2 is 2.25 bits per heavy atom. The lowest BCUT2D eigenvalue weighted by atomic mass is 9.98. The molecule has 7 heteroatoms. The molecule has 0 aromatic heterocycles. The summed E-state index contributed by atoms with van der Waals surface area (Å²) >= 11 is 0. The number of nitriles is 1. The summed E-state index contributed by atoms with van der Waals surface area (Å²) in [5.74, 6) is -1.54. The van der Waals surface area contributed by atoms with E-state index in [0.717, 1.165) is 0 Å². The van der Waals surface area contributed by atoms with E-state index in [1.54, 1.807) is 19.1 Å². The van der Waals surface area contributed by atoms with Crippen LogP contribution in [0.3, 0.4) is 0 Å². The molecule has 1 aromatic rings. The molecule has 0 radical (unpaired) electrons. The van der Waals surface area contributed by atoms with Crippen LogP contribution >= 0.6 is 0 Å². The number of hydrogen-bond donors (Lipinski definition) is 0. The summed E-state index contributed by atoms with van der Waals surface area (Å²) in [6.07, 6.45) is -0.129. The maximum Gasteiger partial charge on any atom is 0.323 e. The van der Waals surface area contributed by atoms with E-state index in [0.29, 0.717) is 0 Å². The fourth-order valence-corrected chi connectivity index (χ4v) is 1.75. The number of hydrogen-bond acceptors (Lipinski definition) is 6. The molecule has 1 rings (SSSR count). The number of ether oxygens (including phenoxy) is 2. The molecule has 1 unspecified atom stereocenters. The number of nitro groups is 1. The van der Waals surface area contributed by atoms with Gasteiger partial charge >= 0.3 is 5.97 Å². The van der Waals surface area contributed by atoms with Gasteiger partial charge in [-0.1, -0.05) is 6.07 Å². The third-order valence-electron chi connectivity index (χ3n) is 2.66. The van der Waals surface area contributed by atoms with Crippen molar-refractivity contribution in [3.63, 3.8) is 0 Å². The van der Waals surface area contributed by atoms with Crippen LogP contribution in [0.5, 0.6) is 5.75 Å². The molecule has 1 atom stereocenters. The summed E-state index contributed by atoms with van der Waals surface area (Å²) < 4.78 is 9.82. The highest BCUT2D eigenvalue weighted by Crippen LogP contribution is 2.30. The predicted octanol–water partition coefficient (Wildman–Crippen LogP) is 1.85. The minimum atomic E-state index is -1.11. The van der Waals surface area contributed by atoms with Crippen molar-refractivity contribution >= 4 is 11.7 Å². The average molecular weight is 278 g/mol. The van der Waals surface area contributed by atoms with Gasteiger partial charge in [0.15, 0.2) is 0 Å². The van der Waals surface area contributed by atoms with Crippen LogP contribution < -0.4 is 4.74 Å². The zero-order valence-corrected chi connectivity index (χ0v) is 11.2. The van der Waals surface area contributed by atoms with Gasteiger partial charge in [0.2, 0.25) is 0 Å². The summed E-state index contributed by atoms with van der Waals surface area (Å²) in [6.45, 7) is 1.77. The van der Waals surface area contributed by atoms with Crippen molar-refractivity contribution in [1.29, 1.82) is 5.26 Å². The van der Waals surface area contributed by atoms with E-state index in [1.807, 2.05) is 0 Å². The Morgan fingerprint density at radius 1 is 1.55 bits per heavy atom. The van der Waals surface area contributed by atoms with Crippen molar-refractivity contribution in [2.24, 2.45) is 5.92 Å². The smallest absolute Gasteiger partial charge is 0.323 e. The second-order valence-electron chi connectivity index (χ2n) is 3.85. The highest BCUT2D eigenvalue weighted by molar-refractivity contribution is 5.76. The van der Waals surface area contributed by atoms with Gasteiger partial charge in [0, 0.05) is 12.5 Å². The van der Waals surface area contributed by atoms with Crippen molar-refractivity contribution in [2.75, 3.05) is 13.7 Å². The normalized spacial score (nSPS) is 11.2. The fraction of sp³-hybridized carbons (Fsp3) is 0.385. The number of carbonyl (C=O) groups is 1. The number of methoxy groups -OCH3 is 1. The fourth-order valence-electron chi connectivity index (χ4n) is 1.75. The van der Waals surface area contributed by atoms with Gasteiger partial charge in [0.05, 0.1) is 30.3 Å². The number of carbonyl (C=O) groups excluding carboxylic acids is 1. The Balaban J connectivity index is 3.15. The van der Waals surface area contributed by atoms with E-state index >= 15 is 0 Å². The monoisotopic (exact) mass is 278 g/mol. The Labute approximate surface area is 115 Å². The Kier molecular flexibility index (Phi) is 5.47. The Bertz CT molecular complexity index is 550. The number of nitrogens with zero attached hydrogens (tertiary/aromatic N) is 2. The zero-order chi connectivity index (χ0) is 15.1. The molecule has 0 aliphatic heterocycles. The summed E-state index contributed by atoms with van der Waals surface area (Å²) in [5.41, 5.74) is 0.0218. The molecule has 106 valence electrons. The van der Waals surface area contributed by atoms with E-state index in [9.17, 15) is 14.9 Å². The largest absolute Gasteiger partial charge is 0.496 e. The van der Waals surface area contributed by atoms with Crippen molar-refractivity contribution in [3.8, 4) is 11.8 Å². The van der Waals surface area contributed by atoms with Gasteiger partial charge in [-0.15, -0.1) is 0 Å². The first kappa shape index (κ1) is 15.4. The molecule has 0 spiro atoms. The molecule has 0 saturated heterocycles. The lowest BCUT2D eigenvalue weighted by molar-refractivity contribution is -0.385. The number of nitro benzene ring substituents is 1. The number of rotatable bonds is 6. The van der Waals surface area contributed by atoms with Gasteiger partial charge in [0.1, 0.15) is 11.7 Å². The van der Waals surface area contributed by atoms with Crippen LogP contribution in [0.4, 0.5) is 5.69 Å². The number of esters is 1. The van der Waals surface area contributed by atoms with Crippen molar-refractivity contribution in [1.82, 2.24) is 0 Å². The van der Waals surface area contributed by atoms with E-state index in [4.69, 9.17) is 14.7 Å². The summed E-state index contributed by atoms with van der Waals surface area (Å²) in [6, 6.07) is 6.12. The Hall–Kier alpha value is -2.62. The van der Waals surface area contributed by atoms with Crippen LogP contribution in [0.2, 0.25) is 0 Å². The van der Waals surface area contributed by atoms with Gasteiger partial charge in [-0.25, -0.2) is 0 Å². The second-order valence-corrected chi connectivity index (χ2v) is 3.85. The summed E-state index contributed by atoms with van der Waals surface area (Å²) in [7, 11) is 1.37. The quantitative estimate of drug-likeness (QED) is 0.447. The Morgan fingerprint density at radius 3 is 2.75 bits per heavy atom. The molecular formula is C13H14N2O5. The zero-order valence-electron chi connectivity index (χ0n) is 11.2. The first-order valence-electron chi connectivity index (χ1n) is 5.91. The molecule has 0 bridgehead atoms. The highest BCUT2D eigenvalue weighted by Gasteiger charge is 2.26. The molecule has 20 heavy (non-hydrogen) atoms. The molecule has 0 N–H and O–H groups in total. The van der Waals surface area contributed by atoms with E-state index in [-0.39, 0.29) is 30.0 Å². The topological polar surface area (TPSA) is 102 Å². The molecule has 7 nitrogen and oxygen atoms in total. The van der Waals surface area contributed by atoms with E-state index in [2.05, 4.69) is 0 Å². The lowest BCUT2D eigenvalue weighted by Crippen LogP contribution is -2.19. The molecule has 1 aromatic carbocycles. The van der Waals surface area contributed by atoms with E-state index in [1.165, 1.54) is 19.2 Å². The minimum absolute atomic E-state index is 0.129. The average Bonchev–Trinajstić information content (AvgIpc) is 2.44. The maximum atomic E-state index is 11.6. The van der Waals surface area contributed by atoms with Gasteiger partial charge in [-0.2, -0.15) is 5.26 Å². The van der Waals surface area contributed by atoms with Crippen LogP contribution in [0.15, 0.2) is 18.2 Å². The summed E-state index contributed by atoms with van der Waals surface area (Å²) in [4.78, 5) is 22.0. The second kappa shape index (κ2) is 7.09. The number of benzene rings is 1. The molecule has 0 heterocycles. The summed E-state index contributed by atoms with van der Waals surface area (Å²) in [5, 5.41) is 20.0. The third kappa shape index (κ3) is 3.45. The lowest BCUT2D eigenvalue weighted by Gasteiger charge is -2.11. The molecule has 0 fully saturated rings. The van der Waals surface area contributed by atoms with Gasteiger partial charge in [0.25, 0.3) is 5.69 Å². The maximum absolute atomic E-state index is 11.6. The van der Waals surface area contributed by atoms with Crippen LogP contribution in [0, 0.1) is 27.4 Å². The minimum Gasteiger partial charge on any atom is -0.496 e. The van der Waals surface area contributed by atoms with Crippen molar-refractivity contribution < 1.29 is 19.2 Å². The molecule has 0 aliphatic rings. The van der Waals surface area contributed by atoms with Crippen molar-refractivity contribution in [3.05, 3.63) is 33.9 Å². The van der Waals surface area contributed by atoms with Crippen LogP contribution in [0.1, 0.15) is 12.5 Å². The SMILES string of the molecule is CCOC(=O)C(C#N)Cc1c(OC)cccc1[N+](=O)[O-]. The third-order valence-corrected chi connectivity index (χ3v) is 2.66. The van der Waals surface area contributed by atoms with E-state index < -0.39 is 16.8 Å². The van der Waals surface area contributed by atoms with Crippen molar-refractivity contribution in [2.45, 2.75) is 13.3 Å². The molecule has 0 saturated carbocycles. The standard InChI is InChI=1S/C13H14N2O5/c1-3-20-13(16)9(8-14)7-10-11(15(17)18)5-4-6-12(10)19-2/h4-6,9H,3,7H2,1-2H3. The predicted molar refractivity (Wildman–Crippen MR) is 69.1 cm³/mol. The van der Waals surface area contributed by atoms with Crippen LogP contribution in [0.25, 0.3) is 0 Å². The molecular weight excluding hydrogens is 264 g/mol. The van der Waals surface area contributed by atoms with Gasteiger partial charge in [-0.05, 0) is 13.0 Å². The van der Waals surface area contributed by atoms with Crippen LogP contribution in [-0.2, 0) is 16.0 Å². The molecule has 0 amide bonds. The van der Waals surface area contributed by atoms with Gasteiger partial charge in [-0.3, -0.25) is 14.9 Å². The first-order valence-corrected chi connectivity index (χ1v) is 5.91. The van der Waals surface area contributed by atoms with Crippen LogP contribution in [-0.4, -0.2) is 24.6 Å². The van der Waals surface area contributed by atoms with Gasteiger partial charge < -0.3 is 9.47 Å². The first-order chi connectivity index (χ1) is 9.54.